The average molecular weight is 188 g/mol. The van der Waals surface area contributed by atoms with Crippen molar-refractivity contribution in [1.29, 1.82) is 0 Å². The lowest BCUT2D eigenvalue weighted by Crippen LogP contribution is -1.84. The molecule has 64 valence electrons. The molecule has 0 aliphatic carbocycles. The van der Waals surface area contributed by atoms with Gasteiger partial charge in [0.05, 0.1) is 5.55 Å². The van der Waals surface area contributed by atoms with E-state index in [2.05, 4.69) is 5.10 Å². The first kappa shape index (κ1) is 8.99. The first-order valence-corrected chi connectivity index (χ1v) is 3.95. The predicted molar refractivity (Wildman–Crippen MR) is 44.9 cm³/mol. The highest BCUT2D eigenvalue weighted by molar-refractivity contribution is 8.12. The van der Waals surface area contributed by atoms with Crippen molar-refractivity contribution in [2.45, 2.75) is 4.90 Å². The Morgan fingerprint density at radius 1 is 1.42 bits per heavy atom. The molecule has 5 heteroatoms. The zero-order valence-corrected chi connectivity index (χ0v) is 6.81. The summed E-state index contributed by atoms with van der Waals surface area (Å²) in [5.74, 6) is 3.60. The Morgan fingerprint density at radius 3 is 2.75 bits per heavy atom. The molecule has 0 saturated heterocycles. The van der Waals surface area contributed by atoms with E-state index in [4.69, 9.17) is 5.84 Å². The summed E-state index contributed by atoms with van der Waals surface area (Å²) >= 11 is 0.997. The van der Waals surface area contributed by atoms with Gasteiger partial charge in [-0.25, -0.2) is 8.78 Å². The van der Waals surface area contributed by atoms with Crippen LogP contribution in [0.15, 0.2) is 28.2 Å². The summed E-state index contributed by atoms with van der Waals surface area (Å²) in [7, 11) is 0. The highest BCUT2D eigenvalue weighted by atomic mass is 32.2. The highest BCUT2D eigenvalue weighted by Gasteiger charge is 2.01. The molecule has 2 nitrogen and oxygen atoms in total. The summed E-state index contributed by atoms with van der Waals surface area (Å²) in [6.45, 7) is 0. The van der Waals surface area contributed by atoms with E-state index in [1.807, 2.05) is 0 Å². The van der Waals surface area contributed by atoms with E-state index in [1.165, 1.54) is 17.7 Å². The summed E-state index contributed by atoms with van der Waals surface area (Å²) in [4.78, 5) is 0.297. The molecule has 1 aromatic carbocycles. The quantitative estimate of drug-likeness (QED) is 0.253. The Kier molecular flexibility index (Phi) is 3.04. The van der Waals surface area contributed by atoms with Gasteiger partial charge in [-0.05, 0) is 12.1 Å². The fourth-order valence-electron chi connectivity index (χ4n) is 0.658. The van der Waals surface area contributed by atoms with Crippen molar-refractivity contribution < 1.29 is 8.78 Å². The first-order chi connectivity index (χ1) is 5.74. The van der Waals surface area contributed by atoms with Crippen LogP contribution < -0.4 is 5.84 Å². The van der Waals surface area contributed by atoms with Crippen molar-refractivity contribution >= 4 is 17.3 Å². The fourth-order valence-corrected chi connectivity index (χ4v) is 1.15. The minimum absolute atomic E-state index is 0.297. The number of hydrazone groups is 1. The van der Waals surface area contributed by atoms with Crippen molar-refractivity contribution in [3.8, 4) is 0 Å². The van der Waals surface area contributed by atoms with Gasteiger partial charge in [-0.2, -0.15) is 5.10 Å². The lowest BCUT2D eigenvalue weighted by atomic mass is 10.3. The minimum Gasteiger partial charge on any atom is -0.323 e. The van der Waals surface area contributed by atoms with Gasteiger partial charge < -0.3 is 5.84 Å². The summed E-state index contributed by atoms with van der Waals surface area (Å²) < 4.78 is 25.2. The van der Waals surface area contributed by atoms with Crippen LogP contribution in [0.5, 0.6) is 0 Å². The molecule has 0 aliphatic heterocycles. The topological polar surface area (TPSA) is 38.4 Å². The molecule has 2 N–H and O–H groups in total. The lowest BCUT2D eigenvalue weighted by Gasteiger charge is -1.96. The number of benzene rings is 1. The number of nitrogens with two attached hydrogens (primary N) is 1. The normalized spacial score (nSPS) is 10.8. The second-order valence-corrected chi connectivity index (χ2v) is 2.83. The van der Waals surface area contributed by atoms with E-state index in [-0.39, 0.29) is 0 Å². The van der Waals surface area contributed by atoms with Crippen molar-refractivity contribution in [2.24, 2.45) is 10.9 Å². The van der Waals surface area contributed by atoms with Gasteiger partial charge in [0.2, 0.25) is 0 Å². The fraction of sp³-hybridized carbons (Fsp3) is 0. The molecule has 12 heavy (non-hydrogen) atoms. The smallest absolute Gasteiger partial charge is 0.140 e. The lowest BCUT2D eigenvalue weighted by molar-refractivity contribution is 0.566. The number of hydrogen-bond donors (Lipinski definition) is 1. The molecule has 1 aromatic rings. The summed E-state index contributed by atoms with van der Waals surface area (Å²) in [5.41, 5.74) is 1.27. The van der Waals surface area contributed by atoms with Gasteiger partial charge >= 0.3 is 0 Å². The molecule has 0 fully saturated rings. The molecular weight excluding hydrogens is 182 g/mol. The van der Waals surface area contributed by atoms with Crippen LogP contribution in [-0.4, -0.2) is 5.55 Å². The molecule has 0 aromatic heterocycles. The molecule has 0 unspecified atom stereocenters. The standard InChI is InChI=1S/C7H6F2N2S/c8-5-1-2-7(6(9)3-5)12-4-11-10/h1-4H,10H2/b11-4+. The molecule has 0 spiro atoms. The SMILES string of the molecule is N/N=C/Sc1ccc(F)cc1F. The molecule has 0 radical (unpaired) electrons. The van der Waals surface area contributed by atoms with E-state index in [1.54, 1.807) is 0 Å². The first-order valence-electron chi connectivity index (χ1n) is 3.07. The number of thioether (sulfide) groups is 1. The van der Waals surface area contributed by atoms with Crippen molar-refractivity contribution in [3.05, 3.63) is 29.8 Å². The van der Waals surface area contributed by atoms with Gasteiger partial charge in [-0.3, -0.25) is 0 Å². The Balaban J connectivity index is 2.86. The monoisotopic (exact) mass is 188 g/mol. The van der Waals surface area contributed by atoms with Gasteiger partial charge in [0.1, 0.15) is 11.6 Å². The molecule has 0 saturated carbocycles. The van der Waals surface area contributed by atoms with E-state index in [9.17, 15) is 8.78 Å². The molecule has 1 rings (SSSR count). The Morgan fingerprint density at radius 2 is 2.17 bits per heavy atom. The average Bonchev–Trinajstić information content (AvgIpc) is 2.03. The molecule has 0 atom stereocenters. The summed E-state index contributed by atoms with van der Waals surface area (Å²) in [5, 5.41) is 3.17. The van der Waals surface area contributed by atoms with Gasteiger partial charge in [0.15, 0.2) is 0 Å². The molecular formula is C7H6F2N2S. The molecule has 0 aliphatic rings. The zero-order chi connectivity index (χ0) is 8.97. The van der Waals surface area contributed by atoms with Crippen LogP contribution in [0.2, 0.25) is 0 Å². The largest absolute Gasteiger partial charge is 0.323 e. The van der Waals surface area contributed by atoms with Crippen LogP contribution >= 0.6 is 11.8 Å². The third-order valence-corrected chi connectivity index (χ3v) is 1.95. The van der Waals surface area contributed by atoms with Crippen LogP contribution in [-0.2, 0) is 0 Å². The maximum atomic E-state index is 12.8. The second kappa shape index (κ2) is 4.06. The Bertz CT molecular complexity index is 301. The van der Waals surface area contributed by atoms with Crippen molar-refractivity contribution in [2.75, 3.05) is 0 Å². The van der Waals surface area contributed by atoms with Gasteiger partial charge in [0, 0.05) is 11.0 Å². The molecule has 0 amide bonds. The third kappa shape index (κ3) is 2.20. The third-order valence-electron chi connectivity index (χ3n) is 1.13. The maximum absolute atomic E-state index is 12.8. The van der Waals surface area contributed by atoms with E-state index >= 15 is 0 Å². The van der Waals surface area contributed by atoms with Crippen LogP contribution in [0, 0.1) is 11.6 Å². The minimum atomic E-state index is -0.611. The van der Waals surface area contributed by atoms with Gasteiger partial charge in [-0.15, -0.1) is 0 Å². The van der Waals surface area contributed by atoms with Crippen LogP contribution in [0.1, 0.15) is 0 Å². The van der Waals surface area contributed by atoms with Crippen LogP contribution in [0.25, 0.3) is 0 Å². The molecule has 0 bridgehead atoms. The van der Waals surface area contributed by atoms with E-state index in [0.29, 0.717) is 4.90 Å². The van der Waals surface area contributed by atoms with Gasteiger partial charge in [0.25, 0.3) is 0 Å². The number of rotatable bonds is 2. The Labute approximate surface area is 72.5 Å². The zero-order valence-electron chi connectivity index (χ0n) is 6.00. The highest BCUT2D eigenvalue weighted by Crippen LogP contribution is 2.19. The second-order valence-electron chi connectivity index (χ2n) is 1.95. The van der Waals surface area contributed by atoms with E-state index < -0.39 is 11.6 Å². The maximum Gasteiger partial charge on any atom is 0.140 e. The van der Waals surface area contributed by atoms with Crippen LogP contribution in [0.3, 0.4) is 0 Å². The number of hydrogen-bond acceptors (Lipinski definition) is 3. The molecule has 0 heterocycles. The summed E-state index contributed by atoms with van der Waals surface area (Å²) in [6, 6.07) is 3.32. The summed E-state index contributed by atoms with van der Waals surface area (Å²) in [6.07, 6.45) is 0. The van der Waals surface area contributed by atoms with Gasteiger partial charge in [-0.1, -0.05) is 11.8 Å². The van der Waals surface area contributed by atoms with Crippen molar-refractivity contribution in [3.63, 3.8) is 0 Å². The number of halogens is 2. The Hall–Kier alpha value is -1.10. The predicted octanol–water partition coefficient (Wildman–Crippen LogP) is 1.96. The van der Waals surface area contributed by atoms with Crippen molar-refractivity contribution in [1.82, 2.24) is 0 Å². The van der Waals surface area contributed by atoms with Crippen LogP contribution in [0.4, 0.5) is 8.78 Å². The number of nitrogens with zero attached hydrogens (tertiary/aromatic N) is 1. The van der Waals surface area contributed by atoms with E-state index in [0.717, 1.165) is 17.8 Å².